The van der Waals surface area contributed by atoms with Gasteiger partial charge >= 0.3 is 29.3 Å². The molecule has 0 aromatic carbocycles. The van der Waals surface area contributed by atoms with Gasteiger partial charge in [0.15, 0.2) is 0 Å². The molecule has 0 amide bonds. The predicted molar refractivity (Wildman–Crippen MR) is 21.3 cm³/mol. The zero-order valence-electron chi connectivity index (χ0n) is 2.75. The van der Waals surface area contributed by atoms with Gasteiger partial charge in [0, 0.05) is 33.8 Å². The Morgan fingerprint density at radius 1 is 1.12 bits per heavy atom. The molecule has 0 aromatic rings. The van der Waals surface area contributed by atoms with E-state index in [1.165, 1.54) is 0 Å². The molecule has 0 saturated carbocycles. The van der Waals surface area contributed by atoms with Crippen LogP contribution in [0.15, 0.2) is 0 Å². The van der Waals surface area contributed by atoms with Crippen molar-refractivity contribution in [3.8, 4) is 0 Å². The molecule has 0 atom stereocenters. The quantitative estimate of drug-likeness (QED) is 0.399. The van der Waals surface area contributed by atoms with Crippen molar-refractivity contribution in [2.24, 2.45) is 0 Å². The van der Waals surface area contributed by atoms with Gasteiger partial charge in [-0.15, -0.1) is 0 Å². The molecule has 2 N–H and O–H groups in total. The van der Waals surface area contributed by atoms with Crippen LogP contribution in [0, 0.1) is 0 Å². The van der Waals surface area contributed by atoms with Crippen molar-refractivity contribution in [3.63, 3.8) is 0 Å². The van der Waals surface area contributed by atoms with Crippen LogP contribution in [0.2, 0.25) is 0 Å². The van der Waals surface area contributed by atoms with Crippen molar-refractivity contribution in [3.05, 3.63) is 0 Å². The van der Waals surface area contributed by atoms with Crippen LogP contribution in [0.25, 0.3) is 0 Å². The molecule has 0 fully saturated rings. The van der Waals surface area contributed by atoms with Gasteiger partial charge < -0.3 is 0 Å². The molecule has 0 unspecified atom stereocenters. The first kappa shape index (κ1) is 22.7. The van der Waals surface area contributed by atoms with E-state index in [-0.39, 0.29) is 52.7 Å². The molecular formula is H3CoCuLiO4S. The van der Waals surface area contributed by atoms with E-state index in [2.05, 4.69) is 0 Å². The molecule has 4 nitrogen and oxygen atoms in total. The molecular weight excluding hydrogens is 225 g/mol. The number of rotatable bonds is 0. The topological polar surface area (TPSA) is 74.6 Å². The van der Waals surface area contributed by atoms with E-state index in [1.807, 2.05) is 0 Å². The van der Waals surface area contributed by atoms with Gasteiger partial charge in [0.1, 0.15) is 0 Å². The number of hydrogen-bond acceptors (Lipinski definition) is 2. The van der Waals surface area contributed by atoms with Crippen molar-refractivity contribution in [2.45, 2.75) is 0 Å². The summed E-state index contributed by atoms with van der Waals surface area (Å²) in [5.74, 6) is 0. The second-order valence-corrected chi connectivity index (χ2v) is 1.34. The van der Waals surface area contributed by atoms with Crippen molar-refractivity contribution in [1.82, 2.24) is 0 Å². The van der Waals surface area contributed by atoms with Crippen LogP contribution >= 0.6 is 0 Å². The second-order valence-electron chi connectivity index (χ2n) is 0.448. The molecule has 2 radical (unpaired) electrons. The van der Waals surface area contributed by atoms with Gasteiger partial charge in [-0.2, -0.15) is 8.42 Å². The van der Waals surface area contributed by atoms with E-state index >= 15 is 0 Å². The zero-order valence-corrected chi connectivity index (χ0v) is 5.55. The average molecular weight is 229 g/mol. The van der Waals surface area contributed by atoms with Crippen molar-refractivity contribution in [1.29, 1.82) is 0 Å². The first-order valence-corrected chi connectivity index (χ1v) is 2.10. The molecule has 0 rings (SSSR count). The Balaban J connectivity index is -0.0000000267. The van der Waals surface area contributed by atoms with Gasteiger partial charge in [0.2, 0.25) is 0 Å². The van der Waals surface area contributed by atoms with Crippen LogP contribution in [-0.2, 0) is 44.2 Å². The maximum absolute atomic E-state index is 8.74. The Hall–Kier alpha value is 1.49. The summed E-state index contributed by atoms with van der Waals surface area (Å²) in [6.07, 6.45) is 0. The summed E-state index contributed by atoms with van der Waals surface area (Å²) in [6.45, 7) is 0. The summed E-state index contributed by atoms with van der Waals surface area (Å²) in [4.78, 5) is 0. The third-order valence-corrected chi connectivity index (χ3v) is 0. The van der Waals surface area contributed by atoms with Crippen LogP contribution in [0.4, 0.5) is 0 Å². The molecule has 0 aromatic heterocycles. The molecule has 0 bridgehead atoms. The molecule has 0 aliphatic carbocycles. The van der Waals surface area contributed by atoms with Crippen LogP contribution in [-0.4, -0.2) is 36.4 Å². The summed E-state index contributed by atoms with van der Waals surface area (Å²) in [5, 5.41) is 0. The molecule has 0 heterocycles. The first-order chi connectivity index (χ1) is 2.00. The average Bonchev–Trinajstić information content (AvgIpc) is 0.722. The van der Waals surface area contributed by atoms with Gasteiger partial charge in [0.25, 0.3) is 0 Å². The molecule has 0 aliphatic rings. The Kier molecular flexibility index (Phi) is 24.1. The fourth-order valence-electron chi connectivity index (χ4n) is 0. The van der Waals surface area contributed by atoms with Crippen LogP contribution in [0.3, 0.4) is 0 Å². The predicted octanol–water partition coefficient (Wildman–Crippen LogP) is -1.31. The van der Waals surface area contributed by atoms with E-state index in [1.54, 1.807) is 0 Å². The molecule has 8 heteroatoms. The fourth-order valence-corrected chi connectivity index (χ4v) is 0. The van der Waals surface area contributed by atoms with Gasteiger partial charge in [0.05, 0.1) is 0 Å². The normalized spacial score (nSPS) is 7.25. The Morgan fingerprint density at radius 2 is 1.12 bits per heavy atom. The van der Waals surface area contributed by atoms with Crippen molar-refractivity contribution in [2.75, 3.05) is 0 Å². The molecule has 54 valence electrons. The summed E-state index contributed by atoms with van der Waals surface area (Å²) >= 11 is 0. The van der Waals surface area contributed by atoms with E-state index in [9.17, 15) is 0 Å². The summed E-state index contributed by atoms with van der Waals surface area (Å²) < 4.78 is 31.6. The maximum atomic E-state index is 8.74. The third-order valence-electron chi connectivity index (χ3n) is 0. The van der Waals surface area contributed by atoms with Crippen molar-refractivity contribution < 1.29 is 51.4 Å². The minimum absolute atomic E-state index is 0. The Morgan fingerprint density at radius 3 is 1.12 bits per heavy atom. The fraction of sp³-hybridized carbons (Fsp3) is 0. The van der Waals surface area contributed by atoms with Gasteiger partial charge in [-0.25, -0.2) is 0 Å². The van der Waals surface area contributed by atoms with E-state index in [0.717, 1.165) is 0 Å². The monoisotopic (exact) mass is 228 g/mol. The molecule has 8 heavy (non-hydrogen) atoms. The van der Waals surface area contributed by atoms with Crippen molar-refractivity contribution >= 4 is 29.3 Å². The first-order valence-electron chi connectivity index (χ1n) is 0.698. The van der Waals surface area contributed by atoms with Gasteiger partial charge in [-0.3, -0.25) is 9.11 Å². The number of hydrogen-bond donors (Lipinski definition) is 2. The van der Waals surface area contributed by atoms with Crippen LogP contribution in [0.1, 0.15) is 0 Å². The Bertz CT molecular complexity index is 99.2. The van der Waals surface area contributed by atoms with E-state index in [4.69, 9.17) is 17.5 Å². The van der Waals surface area contributed by atoms with Gasteiger partial charge in [-0.05, 0) is 0 Å². The third kappa shape index (κ3) is 142. The second kappa shape index (κ2) is 8.49. The summed E-state index contributed by atoms with van der Waals surface area (Å²) in [6, 6.07) is 0. The standard InChI is InChI=1S/Co.Cu.Li.H2O4S.H/c;;;1-5(2,3)4;/h;;;(H2,1,2,3,4);. The summed E-state index contributed by atoms with van der Waals surface area (Å²) in [5.41, 5.74) is 0. The summed E-state index contributed by atoms with van der Waals surface area (Å²) in [7, 11) is -4.67. The SMILES string of the molecule is O=S(=O)(O)O.[Co].[Cu].[LiH]. The van der Waals surface area contributed by atoms with E-state index in [0.29, 0.717) is 0 Å². The minimum atomic E-state index is -4.67. The zero-order chi connectivity index (χ0) is 4.50. The van der Waals surface area contributed by atoms with Crippen LogP contribution < -0.4 is 0 Å². The molecule has 0 aliphatic heterocycles. The van der Waals surface area contributed by atoms with Gasteiger partial charge in [-0.1, -0.05) is 0 Å². The molecule has 0 spiro atoms. The Labute approximate surface area is 80.2 Å². The van der Waals surface area contributed by atoms with E-state index < -0.39 is 10.4 Å². The molecule has 0 saturated heterocycles. The van der Waals surface area contributed by atoms with Crippen LogP contribution in [0.5, 0.6) is 0 Å².